The van der Waals surface area contributed by atoms with E-state index in [1.807, 2.05) is 13.8 Å². The molecule has 0 radical (unpaired) electrons. The molecule has 0 amide bonds. The molecule has 6 unspecified atom stereocenters. The number of carboxylic acid groups (broad SMARTS) is 1. The zero-order chi connectivity index (χ0) is 15.9. The van der Waals surface area contributed by atoms with Crippen molar-refractivity contribution in [3.8, 4) is 0 Å². The Morgan fingerprint density at radius 1 is 1.43 bits per heavy atom. The number of carboxylic acids is 1. The zero-order valence-corrected chi connectivity index (χ0v) is 12.4. The normalized spacial score (nSPS) is 39.0. The van der Waals surface area contributed by atoms with E-state index in [9.17, 15) is 14.0 Å². The molecule has 2 aliphatic carbocycles. The van der Waals surface area contributed by atoms with E-state index in [-0.39, 0.29) is 12.3 Å². The van der Waals surface area contributed by atoms with Crippen LogP contribution in [0.3, 0.4) is 0 Å². The third-order valence-corrected chi connectivity index (χ3v) is 4.31. The first-order valence-corrected chi connectivity index (χ1v) is 7.18. The van der Waals surface area contributed by atoms with Crippen molar-refractivity contribution >= 4 is 11.9 Å². The van der Waals surface area contributed by atoms with Crippen LogP contribution in [-0.4, -0.2) is 41.7 Å². The van der Waals surface area contributed by atoms with Crippen molar-refractivity contribution in [3.63, 3.8) is 0 Å². The fourth-order valence-electron chi connectivity index (χ4n) is 3.16. The minimum Gasteiger partial charge on any atom is -0.480 e. The van der Waals surface area contributed by atoms with Crippen LogP contribution in [0.25, 0.3) is 0 Å². The summed E-state index contributed by atoms with van der Waals surface area (Å²) in [5.74, 6) is -3.31. The van der Waals surface area contributed by atoms with Crippen molar-refractivity contribution in [3.05, 3.63) is 0 Å². The molecule has 0 saturated heterocycles. The molecule has 2 rings (SSSR count). The lowest BCUT2D eigenvalue weighted by Gasteiger charge is -2.25. The minimum absolute atomic E-state index is 0.00549. The van der Waals surface area contributed by atoms with Crippen molar-refractivity contribution in [1.29, 1.82) is 0 Å². The van der Waals surface area contributed by atoms with Crippen molar-refractivity contribution < 1.29 is 28.6 Å². The fourth-order valence-corrected chi connectivity index (χ4v) is 3.16. The third kappa shape index (κ3) is 2.76. The van der Waals surface area contributed by atoms with Crippen molar-refractivity contribution in [2.24, 2.45) is 29.4 Å². The second kappa shape index (κ2) is 5.53. The molecular weight excluding hydrogens is 281 g/mol. The van der Waals surface area contributed by atoms with E-state index in [2.05, 4.69) is 0 Å². The second-order valence-corrected chi connectivity index (χ2v) is 6.39. The SMILES string of the molecule is CC(C)COC(C)OC(=O)C1C2CC(F)C(N)(C(=O)O)C21. The van der Waals surface area contributed by atoms with Gasteiger partial charge in [-0.25, -0.2) is 4.39 Å². The van der Waals surface area contributed by atoms with Gasteiger partial charge in [0.05, 0.1) is 12.5 Å². The summed E-state index contributed by atoms with van der Waals surface area (Å²) < 4.78 is 24.2. The van der Waals surface area contributed by atoms with Crippen LogP contribution in [0.1, 0.15) is 27.2 Å². The predicted octanol–water partition coefficient (Wildman–Crippen LogP) is 0.934. The molecule has 7 heteroatoms. The molecule has 2 fully saturated rings. The number of rotatable bonds is 6. The minimum atomic E-state index is -1.98. The van der Waals surface area contributed by atoms with Crippen LogP contribution in [0.5, 0.6) is 0 Å². The fraction of sp³-hybridized carbons (Fsp3) is 0.857. The number of hydrogen-bond donors (Lipinski definition) is 2. The number of fused-ring (bicyclic) bond motifs is 1. The van der Waals surface area contributed by atoms with Crippen LogP contribution in [0, 0.1) is 23.7 Å². The van der Waals surface area contributed by atoms with Crippen molar-refractivity contribution in [1.82, 2.24) is 0 Å². The number of alkyl halides is 1. The molecule has 0 spiro atoms. The van der Waals surface area contributed by atoms with E-state index < -0.39 is 41.8 Å². The molecule has 0 bridgehead atoms. The van der Waals surface area contributed by atoms with Gasteiger partial charge < -0.3 is 20.3 Å². The first-order chi connectivity index (χ1) is 9.69. The number of halogens is 1. The van der Waals surface area contributed by atoms with Crippen LogP contribution < -0.4 is 5.73 Å². The van der Waals surface area contributed by atoms with Crippen LogP contribution in [0.2, 0.25) is 0 Å². The molecule has 2 aliphatic rings. The number of hydrogen-bond acceptors (Lipinski definition) is 5. The van der Waals surface area contributed by atoms with Gasteiger partial charge >= 0.3 is 11.9 Å². The predicted molar refractivity (Wildman–Crippen MR) is 70.9 cm³/mol. The Morgan fingerprint density at radius 2 is 2.05 bits per heavy atom. The summed E-state index contributed by atoms with van der Waals surface area (Å²) in [6.45, 7) is 5.99. The average molecular weight is 303 g/mol. The highest BCUT2D eigenvalue weighted by Gasteiger charge is 2.74. The summed E-state index contributed by atoms with van der Waals surface area (Å²) in [4.78, 5) is 23.2. The molecule has 21 heavy (non-hydrogen) atoms. The Morgan fingerprint density at radius 3 is 2.57 bits per heavy atom. The largest absolute Gasteiger partial charge is 0.480 e. The summed E-state index contributed by atoms with van der Waals surface area (Å²) in [6.07, 6.45) is -2.34. The number of nitrogens with two attached hydrogens (primary N) is 1. The Balaban J connectivity index is 1.91. The van der Waals surface area contributed by atoms with Gasteiger partial charge in [0.2, 0.25) is 0 Å². The first kappa shape index (κ1) is 16.2. The molecule has 0 aromatic carbocycles. The van der Waals surface area contributed by atoms with Crippen LogP contribution in [0.4, 0.5) is 4.39 Å². The monoisotopic (exact) mass is 303 g/mol. The third-order valence-electron chi connectivity index (χ3n) is 4.31. The van der Waals surface area contributed by atoms with Crippen molar-refractivity contribution in [2.75, 3.05) is 6.61 Å². The van der Waals surface area contributed by atoms with Crippen LogP contribution in [0.15, 0.2) is 0 Å². The molecule has 0 aromatic rings. The van der Waals surface area contributed by atoms with Crippen LogP contribution >= 0.6 is 0 Å². The molecule has 6 nitrogen and oxygen atoms in total. The van der Waals surface area contributed by atoms with Gasteiger partial charge in [-0.2, -0.15) is 0 Å². The molecule has 120 valence electrons. The standard InChI is InChI=1S/C14H22FNO5/c1-6(2)5-20-7(3)21-12(17)10-8-4-9(15)14(16,11(8)10)13(18)19/h6-11H,4-5,16H2,1-3H3,(H,18,19). The number of ether oxygens (including phenoxy) is 2. The zero-order valence-electron chi connectivity index (χ0n) is 12.4. The number of carbonyl (C=O) groups is 2. The van der Waals surface area contributed by atoms with Crippen LogP contribution in [-0.2, 0) is 19.1 Å². The molecule has 2 saturated carbocycles. The van der Waals surface area contributed by atoms with Gasteiger partial charge in [0.15, 0.2) is 6.29 Å². The summed E-state index contributed by atoms with van der Waals surface area (Å²) in [6, 6.07) is 0. The Labute approximate surface area is 122 Å². The second-order valence-electron chi connectivity index (χ2n) is 6.39. The van der Waals surface area contributed by atoms with Gasteiger partial charge in [0, 0.05) is 5.92 Å². The van der Waals surface area contributed by atoms with Gasteiger partial charge in [0.1, 0.15) is 11.7 Å². The summed E-state index contributed by atoms with van der Waals surface area (Å²) >= 11 is 0. The maximum atomic E-state index is 13.7. The van der Waals surface area contributed by atoms with E-state index in [0.29, 0.717) is 12.5 Å². The number of carbonyl (C=O) groups excluding carboxylic acids is 1. The van der Waals surface area contributed by atoms with Gasteiger partial charge in [-0.05, 0) is 25.2 Å². The molecule has 0 heterocycles. The lowest BCUT2D eigenvalue weighted by Crippen LogP contribution is -2.56. The first-order valence-electron chi connectivity index (χ1n) is 7.18. The maximum Gasteiger partial charge on any atom is 0.327 e. The Bertz CT molecular complexity index is 443. The smallest absolute Gasteiger partial charge is 0.327 e. The van der Waals surface area contributed by atoms with Gasteiger partial charge in [-0.3, -0.25) is 9.59 Å². The Kier molecular flexibility index (Phi) is 4.26. The van der Waals surface area contributed by atoms with Crippen molar-refractivity contribution in [2.45, 2.75) is 45.2 Å². The molecule has 0 aromatic heterocycles. The molecule has 3 N–H and O–H groups in total. The Hall–Kier alpha value is -1.21. The summed E-state index contributed by atoms with van der Waals surface area (Å²) in [7, 11) is 0. The topological polar surface area (TPSA) is 98.9 Å². The molecular formula is C14H22FNO5. The highest BCUT2D eigenvalue weighted by atomic mass is 19.1. The lowest BCUT2D eigenvalue weighted by atomic mass is 9.90. The van der Waals surface area contributed by atoms with E-state index in [4.69, 9.17) is 20.3 Å². The van der Waals surface area contributed by atoms with Gasteiger partial charge in [0.25, 0.3) is 0 Å². The summed E-state index contributed by atoms with van der Waals surface area (Å²) in [5.41, 5.74) is 3.70. The van der Waals surface area contributed by atoms with Gasteiger partial charge in [-0.1, -0.05) is 13.8 Å². The van der Waals surface area contributed by atoms with E-state index >= 15 is 0 Å². The maximum absolute atomic E-state index is 13.7. The highest BCUT2D eigenvalue weighted by Crippen LogP contribution is 2.62. The number of esters is 1. The average Bonchev–Trinajstić information content (AvgIpc) is 3.02. The highest BCUT2D eigenvalue weighted by molar-refractivity contribution is 5.86. The molecule has 6 atom stereocenters. The van der Waals surface area contributed by atoms with E-state index in [0.717, 1.165) is 0 Å². The molecule has 0 aliphatic heterocycles. The van der Waals surface area contributed by atoms with E-state index in [1.54, 1.807) is 6.92 Å². The number of aliphatic carboxylic acids is 1. The quantitative estimate of drug-likeness (QED) is 0.559. The summed E-state index contributed by atoms with van der Waals surface area (Å²) in [5, 5.41) is 9.12. The van der Waals surface area contributed by atoms with E-state index in [1.165, 1.54) is 0 Å². The lowest BCUT2D eigenvalue weighted by molar-refractivity contribution is -0.179. The van der Waals surface area contributed by atoms with Gasteiger partial charge in [-0.15, -0.1) is 0 Å².